The molecule has 19 heavy (non-hydrogen) atoms. The Morgan fingerprint density at radius 1 is 1.11 bits per heavy atom. The van der Waals surface area contributed by atoms with E-state index in [4.69, 9.17) is 5.73 Å². The SMILES string of the molecule is Cc1ccc(N2CC(N)CC(CC3CC3)C2)cc1C. The number of benzene rings is 1. The molecular formula is C17H26N2. The molecule has 2 unspecified atom stereocenters. The molecule has 1 saturated heterocycles. The van der Waals surface area contributed by atoms with E-state index in [1.54, 1.807) is 0 Å². The van der Waals surface area contributed by atoms with Crippen molar-refractivity contribution in [3.63, 3.8) is 0 Å². The third kappa shape index (κ3) is 3.11. The van der Waals surface area contributed by atoms with E-state index in [2.05, 4.69) is 36.9 Å². The van der Waals surface area contributed by atoms with Crippen LogP contribution >= 0.6 is 0 Å². The van der Waals surface area contributed by atoms with E-state index in [0.717, 1.165) is 18.4 Å². The largest absolute Gasteiger partial charge is 0.370 e. The molecule has 1 heterocycles. The quantitative estimate of drug-likeness (QED) is 0.901. The molecule has 2 atom stereocenters. The van der Waals surface area contributed by atoms with Crippen molar-refractivity contribution in [3.8, 4) is 0 Å². The van der Waals surface area contributed by atoms with Crippen molar-refractivity contribution in [2.75, 3.05) is 18.0 Å². The number of nitrogens with zero attached hydrogens (tertiary/aromatic N) is 1. The summed E-state index contributed by atoms with van der Waals surface area (Å²) in [4.78, 5) is 2.51. The second-order valence-corrected chi connectivity index (χ2v) is 6.71. The van der Waals surface area contributed by atoms with Gasteiger partial charge in [0.05, 0.1) is 0 Å². The van der Waals surface area contributed by atoms with Crippen molar-refractivity contribution in [2.24, 2.45) is 17.6 Å². The molecule has 1 aromatic carbocycles. The van der Waals surface area contributed by atoms with Gasteiger partial charge in [-0.25, -0.2) is 0 Å². The maximum absolute atomic E-state index is 6.28. The van der Waals surface area contributed by atoms with Crippen LogP contribution < -0.4 is 10.6 Å². The van der Waals surface area contributed by atoms with Crippen LogP contribution in [0.1, 0.15) is 36.8 Å². The van der Waals surface area contributed by atoms with Gasteiger partial charge in [0.2, 0.25) is 0 Å². The van der Waals surface area contributed by atoms with Gasteiger partial charge in [-0.3, -0.25) is 0 Å². The zero-order valence-electron chi connectivity index (χ0n) is 12.2. The van der Waals surface area contributed by atoms with Crippen LogP contribution in [0.4, 0.5) is 5.69 Å². The fourth-order valence-corrected chi connectivity index (χ4v) is 3.38. The van der Waals surface area contributed by atoms with Crippen molar-refractivity contribution >= 4 is 5.69 Å². The predicted molar refractivity (Wildman–Crippen MR) is 81.6 cm³/mol. The molecule has 0 spiro atoms. The van der Waals surface area contributed by atoms with Gasteiger partial charge in [0, 0.05) is 24.8 Å². The standard InChI is InChI=1S/C17H26N2/c1-12-3-6-17(7-13(12)2)19-10-15(8-14-4-5-14)9-16(18)11-19/h3,6-7,14-16H,4-5,8-11,18H2,1-2H3. The van der Waals surface area contributed by atoms with Crippen LogP contribution in [0.3, 0.4) is 0 Å². The van der Waals surface area contributed by atoms with Gasteiger partial charge in [-0.05, 0) is 61.8 Å². The van der Waals surface area contributed by atoms with Crippen LogP contribution in [0, 0.1) is 25.7 Å². The maximum atomic E-state index is 6.28. The average molecular weight is 258 g/mol. The first-order valence-corrected chi connectivity index (χ1v) is 7.69. The van der Waals surface area contributed by atoms with Crippen LogP contribution in [0.25, 0.3) is 0 Å². The van der Waals surface area contributed by atoms with Crippen LogP contribution in [-0.2, 0) is 0 Å². The van der Waals surface area contributed by atoms with Crippen molar-refractivity contribution in [1.82, 2.24) is 0 Å². The number of rotatable bonds is 3. The minimum absolute atomic E-state index is 0.346. The molecule has 1 saturated carbocycles. The molecule has 0 bridgehead atoms. The topological polar surface area (TPSA) is 29.3 Å². The Morgan fingerprint density at radius 2 is 1.89 bits per heavy atom. The summed E-state index contributed by atoms with van der Waals surface area (Å²) in [5.41, 5.74) is 10.4. The molecule has 1 aromatic rings. The van der Waals surface area contributed by atoms with E-state index in [-0.39, 0.29) is 0 Å². The second kappa shape index (κ2) is 5.16. The summed E-state index contributed by atoms with van der Waals surface area (Å²) in [6.45, 7) is 6.59. The number of hydrogen-bond donors (Lipinski definition) is 1. The minimum atomic E-state index is 0.346. The van der Waals surface area contributed by atoms with Crippen molar-refractivity contribution in [2.45, 2.75) is 45.6 Å². The van der Waals surface area contributed by atoms with Crippen molar-refractivity contribution in [1.29, 1.82) is 0 Å². The van der Waals surface area contributed by atoms with Crippen molar-refractivity contribution < 1.29 is 0 Å². The summed E-state index contributed by atoms with van der Waals surface area (Å²) in [6.07, 6.45) is 5.53. The normalized spacial score (nSPS) is 27.6. The Balaban J connectivity index is 1.72. The van der Waals surface area contributed by atoms with Crippen molar-refractivity contribution in [3.05, 3.63) is 29.3 Å². The Kier molecular flexibility index (Phi) is 3.53. The number of aryl methyl sites for hydroxylation is 2. The summed E-state index contributed by atoms with van der Waals surface area (Å²) >= 11 is 0. The van der Waals surface area contributed by atoms with E-state index in [9.17, 15) is 0 Å². The van der Waals surface area contributed by atoms with Gasteiger partial charge < -0.3 is 10.6 Å². The molecule has 2 heteroatoms. The maximum Gasteiger partial charge on any atom is 0.0369 e. The number of piperidine rings is 1. The molecule has 104 valence electrons. The average Bonchev–Trinajstić information content (AvgIpc) is 3.16. The van der Waals surface area contributed by atoms with Gasteiger partial charge in [0.1, 0.15) is 0 Å². The highest BCUT2D eigenvalue weighted by Gasteiger charge is 2.31. The van der Waals surface area contributed by atoms with Crippen LogP contribution in [0.2, 0.25) is 0 Å². The lowest BCUT2D eigenvalue weighted by molar-refractivity contribution is 0.344. The molecule has 2 fully saturated rings. The Labute approximate surface area is 117 Å². The zero-order valence-corrected chi connectivity index (χ0v) is 12.2. The molecule has 3 rings (SSSR count). The zero-order chi connectivity index (χ0) is 13.4. The summed E-state index contributed by atoms with van der Waals surface area (Å²) in [5, 5.41) is 0. The smallest absolute Gasteiger partial charge is 0.0369 e. The van der Waals surface area contributed by atoms with Gasteiger partial charge in [0.25, 0.3) is 0 Å². The predicted octanol–water partition coefficient (Wildman–Crippen LogP) is 3.26. The van der Waals surface area contributed by atoms with Crippen LogP contribution in [-0.4, -0.2) is 19.1 Å². The van der Waals surface area contributed by atoms with Gasteiger partial charge in [-0.1, -0.05) is 18.9 Å². The number of hydrogen-bond acceptors (Lipinski definition) is 2. The Hall–Kier alpha value is -1.02. The molecule has 1 aliphatic carbocycles. The summed E-state index contributed by atoms with van der Waals surface area (Å²) in [5.74, 6) is 1.81. The third-order valence-corrected chi connectivity index (χ3v) is 4.79. The molecule has 1 aliphatic heterocycles. The third-order valence-electron chi connectivity index (χ3n) is 4.79. The first kappa shape index (κ1) is 13.0. The van der Waals surface area contributed by atoms with E-state index < -0.39 is 0 Å². The number of anilines is 1. The lowest BCUT2D eigenvalue weighted by Crippen LogP contribution is -2.47. The van der Waals surface area contributed by atoms with E-state index in [1.807, 2.05) is 0 Å². The lowest BCUT2D eigenvalue weighted by Gasteiger charge is -2.38. The molecule has 2 aliphatic rings. The molecule has 2 N–H and O–H groups in total. The van der Waals surface area contributed by atoms with Crippen LogP contribution in [0.15, 0.2) is 18.2 Å². The van der Waals surface area contributed by atoms with Crippen LogP contribution in [0.5, 0.6) is 0 Å². The summed E-state index contributed by atoms with van der Waals surface area (Å²) < 4.78 is 0. The highest BCUT2D eigenvalue weighted by atomic mass is 15.2. The van der Waals surface area contributed by atoms with E-state index in [0.29, 0.717) is 6.04 Å². The first-order valence-electron chi connectivity index (χ1n) is 7.69. The van der Waals surface area contributed by atoms with E-state index in [1.165, 1.54) is 49.0 Å². The summed E-state index contributed by atoms with van der Waals surface area (Å²) in [6, 6.07) is 7.16. The minimum Gasteiger partial charge on any atom is -0.370 e. The van der Waals surface area contributed by atoms with Gasteiger partial charge in [-0.2, -0.15) is 0 Å². The molecule has 0 radical (unpaired) electrons. The molecule has 0 amide bonds. The van der Waals surface area contributed by atoms with Gasteiger partial charge in [0.15, 0.2) is 0 Å². The Bertz CT molecular complexity index is 449. The fraction of sp³-hybridized carbons (Fsp3) is 0.647. The summed E-state index contributed by atoms with van der Waals surface area (Å²) in [7, 11) is 0. The lowest BCUT2D eigenvalue weighted by atomic mass is 9.89. The molecular weight excluding hydrogens is 232 g/mol. The van der Waals surface area contributed by atoms with Gasteiger partial charge >= 0.3 is 0 Å². The van der Waals surface area contributed by atoms with Gasteiger partial charge in [-0.15, -0.1) is 0 Å². The molecule has 2 nitrogen and oxygen atoms in total. The molecule has 0 aromatic heterocycles. The first-order chi connectivity index (χ1) is 9.11. The number of nitrogens with two attached hydrogens (primary N) is 1. The highest BCUT2D eigenvalue weighted by molar-refractivity contribution is 5.51. The Morgan fingerprint density at radius 3 is 2.58 bits per heavy atom. The highest BCUT2D eigenvalue weighted by Crippen LogP contribution is 2.38. The van der Waals surface area contributed by atoms with E-state index >= 15 is 0 Å². The fourth-order valence-electron chi connectivity index (χ4n) is 3.38. The monoisotopic (exact) mass is 258 g/mol. The second-order valence-electron chi connectivity index (χ2n) is 6.71.